The molecule has 1 aromatic carbocycles. The highest BCUT2D eigenvalue weighted by Crippen LogP contribution is 2.29. The second-order valence-corrected chi connectivity index (χ2v) is 7.10. The minimum Gasteiger partial charge on any atom is -0.370 e. The standard InChI is InChI=1S/C15H20N6S3/c16-14(17)21-13(12-9-23-10-20-12)24-7-6-18-15(22)19-8-11-4-2-1-3-5-11/h1-5,9-10,13H,6-8H2,(H4,16,17,21)(H2,18,19,22). The van der Waals surface area contributed by atoms with Gasteiger partial charge in [-0.1, -0.05) is 30.3 Å². The van der Waals surface area contributed by atoms with E-state index in [2.05, 4.69) is 32.7 Å². The summed E-state index contributed by atoms with van der Waals surface area (Å²) in [5.74, 6) is 0.861. The summed E-state index contributed by atoms with van der Waals surface area (Å²) in [5, 5.41) is 8.75. The highest BCUT2D eigenvalue weighted by molar-refractivity contribution is 7.99. The fourth-order valence-electron chi connectivity index (χ4n) is 1.84. The van der Waals surface area contributed by atoms with Crippen LogP contribution in [0.1, 0.15) is 16.6 Å². The third-order valence-corrected chi connectivity index (χ3v) is 4.93. The number of thiazole rings is 1. The van der Waals surface area contributed by atoms with Gasteiger partial charge < -0.3 is 22.1 Å². The number of hydrogen-bond donors (Lipinski definition) is 4. The summed E-state index contributed by atoms with van der Waals surface area (Å²) < 4.78 is 0. The zero-order valence-corrected chi connectivity index (χ0v) is 15.5. The van der Waals surface area contributed by atoms with Crippen molar-refractivity contribution in [2.24, 2.45) is 16.5 Å². The Bertz CT molecular complexity index is 640. The number of nitrogens with one attached hydrogen (secondary N) is 2. The third kappa shape index (κ3) is 6.73. The van der Waals surface area contributed by atoms with Crippen LogP contribution in [-0.4, -0.2) is 28.4 Å². The van der Waals surface area contributed by atoms with Crippen LogP contribution >= 0.6 is 35.3 Å². The first-order valence-corrected chi connectivity index (χ1v) is 9.69. The Morgan fingerprint density at radius 2 is 2.08 bits per heavy atom. The van der Waals surface area contributed by atoms with Gasteiger partial charge in [-0.15, -0.1) is 23.1 Å². The maximum atomic E-state index is 5.49. The number of hydrogen-bond acceptors (Lipinski definition) is 5. The van der Waals surface area contributed by atoms with Gasteiger partial charge in [0.05, 0.1) is 11.2 Å². The van der Waals surface area contributed by atoms with Gasteiger partial charge in [0.15, 0.2) is 11.1 Å². The van der Waals surface area contributed by atoms with Crippen molar-refractivity contribution in [3.8, 4) is 0 Å². The minimum absolute atomic E-state index is 0.0634. The molecule has 0 saturated carbocycles. The first kappa shape index (κ1) is 18.5. The summed E-state index contributed by atoms with van der Waals surface area (Å²) >= 11 is 8.40. The van der Waals surface area contributed by atoms with Crippen LogP contribution in [-0.2, 0) is 6.54 Å². The lowest BCUT2D eigenvalue weighted by molar-refractivity contribution is 0.856. The molecule has 0 amide bonds. The molecule has 1 unspecified atom stereocenters. The quantitative estimate of drug-likeness (QED) is 0.240. The first-order valence-electron chi connectivity index (χ1n) is 7.29. The average molecular weight is 381 g/mol. The number of guanidine groups is 1. The smallest absolute Gasteiger partial charge is 0.187 e. The van der Waals surface area contributed by atoms with Gasteiger partial charge in [0.1, 0.15) is 5.37 Å². The Morgan fingerprint density at radius 1 is 1.29 bits per heavy atom. The van der Waals surface area contributed by atoms with Crippen LogP contribution in [0.5, 0.6) is 0 Å². The first-order chi connectivity index (χ1) is 11.6. The molecule has 0 radical (unpaired) electrons. The monoisotopic (exact) mass is 380 g/mol. The van der Waals surface area contributed by atoms with Crippen molar-refractivity contribution in [1.29, 1.82) is 0 Å². The molecule has 0 aliphatic heterocycles. The Hall–Kier alpha value is -1.84. The Kier molecular flexibility index (Phi) is 7.80. The van der Waals surface area contributed by atoms with Crippen LogP contribution in [0.2, 0.25) is 0 Å². The molecule has 1 atom stereocenters. The van der Waals surface area contributed by atoms with Crippen molar-refractivity contribution in [3.05, 3.63) is 52.5 Å². The molecule has 24 heavy (non-hydrogen) atoms. The van der Waals surface area contributed by atoms with Gasteiger partial charge in [0, 0.05) is 24.2 Å². The molecule has 6 nitrogen and oxygen atoms in total. The van der Waals surface area contributed by atoms with Crippen LogP contribution in [0.4, 0.5) is 0 Å². The molecule has 1 heterocycles. The summed E-state index contributed by atoms with van der Waals surface area (Å²) in [6.45, 7) is 1.42. The van der Waals surface area contributed by atoms with E-state index < -0.39 is 0 Å². The predicted octanol–water partition coefficient (Wildman–Crippen LogP) is 1.81. The minimum atomic E-state index is -0.186. The van der Waals surface area contributed by atoms with Gasteiger partial charge in [-0.2, -0.15) is 0 Å². The third-order valence-electron chi connectivity index (χ3n) is 2.93. The average Bonchev–Trinajstić information content (AvgIpc) is 3.11. The van der Waals surface area contributed by atoms with Gasteiger partial charge in [0.2, 0.25) is 0 Å². The lowest BCUT2D eigenvalue weighted by Crippen LogP contribution is -2.36. The van der Waals surface area contributed by atoms with Crippen LogP contribution < -0.4 is 22.1 Å². The molecule has 0 bridgehead atoms. The maximum Gasteiger partial charge on any atom is 0.187 e. The van der Waals surface area contributed by atoms with Crippen molar-refractivity contribution < 1.29 is 0 Å². The fourth-order valence-corrected chi connectivity index (χ4v) is 3.62. The van der Waals surface area contributed by atoms with Crippen LogP contribution in [0.25, 0.3) is 0 Å². The summed E-state index contributed by atoms with van der Waals surface area (Å²) in [5.41, 5.74) is 14.8. The predicted molar refractivity (Wildman–Crippen MR) is 107 cm³/mol. The number of rotatable bonds is 8. The van der Waals surface area contributed by atoms with E-state index in [1.165, 1.54) is 16.9 Å². The maximum absolute atomic E-state index is 5.49. The van der Waals surface area contributed by atoms with E-state index >= 15 is 0 Å². The normalized spacial score (nSPS) is 11.5. The molecule has 1 aromatic heterocycles. The topological polar surface area (TPSA) is 101 Å². The number of aromatic nitrogens is 1. The number of nitrogens with zero attached hydrogens (tertiary/aromatic N) is 2. The van der Waals surface area contributed by atoms with Gasteiger partial charge in [0.25, 0.3) is 0 Å². The lowest BCUT2D eigenvalue weighted by Gasteiger charge is -2.13. The molecule has 0 fully saturated rings. The van der Waals surface area contributed by atoms with E-state index in [1.807, 2.05) is 23.6 Å². The number of thioether (sulfide) groups is 1. The summed E-state index contributed by atoms with van der Waals surface area (Å²) in [6, 6.07) is 10.1. The molecule has 9 heteroatoms. The Balaban J connectivity index is 1.69. The van der Waals surface area contributed by atoms with Crippen molar-refractivity contribution >= 4 is 46.4 Å². The van der Waals surface area contributed by atoms with E-state index in [9.17, 15) is 0 Å². The number of thiocarbonyl (C=S) groups is 1. The number of nitrogens with two attached hydrogens (primary N) is 2. The van der Waals surface area contributed by atoms with Crippen LogP contribution in [0.3, 0.4) is 0 Å². The van der Waals surface area contributed by atoms with Gasteiger partial charge in [-0.3, -0.25) is 0 Å². The molecule has 2 aromatic rings. The zero-order valence-electron chi connectivity index (χ0n) is 13.0. The largest absolute Gasteiger partial charge is 0.370 e. The molecular formula is C15H20N6S3. The van der Waals surface area contributed by atoms with E-state index in [4.69, 9.17) is 23.7 Å². The lowest BCUT2D eigenvalue weighted by atomic mass is 10.2. The van der Waals surface area contributed by atoms with E-state index in [0.29, 0.717) is 18.2 Å². The van der Waals surface area contributed by atoms with E-state index in [-0.39, 0.29) is 11.3 Å². The summed E-state index contributed by atoms with van der Waals surface area (Å²) in [7, 11) is 0. The molecule has 128 valence electrons. The summed E-state index contributed by atoms with van der Waals surface area (Å²) in [6.07, 6.45) is 0. The van der Waals surface area contributed by atoms with Crippen molar-refractivity contribution in [3.63, 3.8) is 0 Å². The highest BCUT2D eigenvalue weighted by Gasteiger charge is 2.12. The van der Waals surface area contributed by atoms with Gasteiger partial charge >= 0.3 is 0 Å². The Labute approximate surface area is 155 Å². The van der Waals surface area contributed by atoms with E-state index in [0.717, 1.165) is 11.4 Å². The van der Waals surface area contributed by atoms with Crippen molar-refractivity contribution in [1.82, 2.24) is 15.6 Å². The fraction of sp³-hybridized carbons (Fsp3) is 0.267. The van der Waals surface area contributed by atoms with Crippen LogP contribution in [0.15, 0.2) is 46.2 Å². The molecule has 0 spiro atoms. The van der Waals surface area contributed by atoms with Gasteiger partial charge in [-0.25, -0.2) is 9.98 Å². The van der Waals surface area contributed by atoms with Crippen LogP contribution in [0, 0.1) is 0 Å². The molecule has 0 aliphatic carbocycles. The zero-order chi connectivity index (χ0) is 17.2. The molecule has 6 N–H and O–H groups in total. The van der Waals surface area contributed by atoms with Crippen molar-refractivity contribution in [2.45, 2.75) is 11.9 Å². The number of aliphatic imine (C=N–C) groups is 1. The molecule has 2 rings (SSSR count). The molecular weight excluding hydrogens is 360 g/mol. The second-order valence-electron chi connectivity index (χ2n) is 4.79. The molecule has 0 aliphatic rings. The Morgan fingerprint density at radius 3 is 2.75 bits per heavy atom. The highest BCUT2D eigenvalue weighted by atomic mass is 32.2. The van der Waals surface area contributed by atoms with Gasteiger partial charge in [-0.05, 0) is 17.8 Å². The number of benzene rings is 1. The SMILES string of the molecule is NC(N)=NC(SCCNC(=S)NCc1ccccc1)c1cscn1. The van der Waals surface area contributed by atoms with E-state index in [1.54, 1.807) is 17.3 Å². The van der Waals surface area contributed by atoms with Crippen molar-refractivity contribution in [2.75, 3.05) is 12.3 Å². The molecule has 0 saturated heterocycles. The second kappa shape index (κ2) is 10.1. The summed E-state index contributed by atoms with van der Waals surface area (Å²) in [4.78, 5) is 8.48.